The molecule has 18 heavy (non-hydrogen) atoms. The van der Waals surface area contributed by atoms with E-state index in [1.165, 1.54) is 0 Å². The molecule has 1 aromatic carbocycles. The van der Waals surface area contributed by atoms with Gasteiger partial charge < -0.3 is 10.2 Å². The van der Waals surface area contributed by atoms with E-state index < -0.39 is 17.5 Å². The third-order valence-electron chi connectivity index (χ3n) is 2.35. The van der Waals surface area contributed by atoms with Gasteiger partial charge in [0.15, 0.2) is 0 Å². The number of nitrogens with zero attached hydrogens (tertiary/aromatic N) is 1. The van der Waals surface area contributed by atoms with E-state index in [0.29, 0.717) is 18.7 Å². The summed E-state index contributed by atoms with van der Waals surface area (Å²) in [6, 6.07) is 1.18. The molecule has 0 saturated heterocycles. The maximum atomic E-state index is 13.2. The van der Waals surface area contributed by atoms with E-state index in [0.717, 1.165) is 0 Å². The van der Waals surface area contributed by atoms with Crippen molar-refractivity contribution in [3.05, 3.63) is 35.1 Å². The summed E-state index contributed by atoms with van der Waals surface area (Å²) in [6.45, 7) is 0.254. The normalized spacial score (nSPS) is 10.8. The summed E-state index contributed by atoms with van der Waals surface area (Å²) >= 11 is 0. The molecule has 0 aliphatic carbocycles. The first-order valence-electron chi connectivity index (χ1n) is 5.45. The minimum atomic E-state index is -1.000. The van der Waals surface area contributed by atoms with Crippen LogP contribution in [-0.4, -0.2) is 31.4 Å². The lowest BCUT2D eigenvalue weighted by Crippen LogP contribution is -2.27. The van der Waals surface area contributed by atoms with Gasteiger partial charge in [-0.15, -0.1) is 0 Å². The molecule has 1 amide bonds. The molecule has 0 heterocycles. The Labute approximate surface area is 104 Å². The molecule has 0 unspecified atom stereocenters. The van der Waals surface area contributed by atoms with E-state index in [1.54, 1.807) is 0 Å². The molecule has 1 N–H and O–H groups in total. The molecule has 0 spiro atoms. The maximum absolute atomic E-state index is 13.2. The van der Waals surface area contributed by atoms with Crippen molar-refractivity contribution in [2.75, 3.05) is 20.6 Å². The summed E-state index contributed by atoms with van der Waals surface area (Å²) in [7, 11) is 3.62. The van der Waals surface area contributed by atoms with Gasteiger partial charge in [0.1, 0.15) is 17.5 Å². The molecule has 0 saturated carbocycles. The lowest BCUT2D eigenvalue weighted by atomic mass is 10.2. The lowest BCUT2D eigenvalue weighted by molar-refractivity contribution is -0.121. The second kappa shape index (κ2) is 6.39. The van der Waals surface area contributed by atoms with E-state index in [1.807, 2.05) is 19.0 Å². The largest absolute Gasteiger partial charge is 0.352 e. The standard InChI is InChI=1S/C12H15F3N2O/c1-17(2)4-3-12(18)16-7-9-10(14)5-8(13)6-11(9)15/h5-6H,3-4,7H2,1-2H3,(H,16,18). The summed E-state index contributed by atoms with van der Waals surface area (Å²) in [6.07, 6.45) is 0.234. The Morgan fingerprint density at radius 2 is 1.78 bits per heavy atom. The first kappa shape index (κ1) is 14.5. The maximum Gasteiger partial charge on any atom is 0.221 e. The SMILES string of the molecule is CN(C)CCC(=O)NCc1c(F)cc(F)cc1F. The van der Waals surface area contributed by atoms with Gasteiger partial charge in [-0.1, -0.05) is 0 Å². The number of benzene rings is 1. The fraction of sp³-hybridized carbons (Fsp3) is 0.417. The van der Waals surface area contributed by atoms with Crippen LogP contribution in [0.15, 0.2) is 12.1 Å². The van der Waals surface area contributed by atoms with Gasteiger partial charge in [0.05, 0.1) is 0 Å². The third-order valence-corrected chi connectivity index (χ3v) is 2.35. The Hall–Kier alpha value is -1.56. The molecule has 3 nitrogen and oxygen atoms in total. The number of amides is 1. The van der Waals surface area contributed by atoms with Crippen LogP contribution in [0.3, 0.4) is 0 Å². The fourth-order valence-corrected chi connectivity index (χ4v) is 1.34. The fourth-order valence-electron chi connectivity index (χ4n) is 1.34. The number of halogens is 3. The second-order valence-corrected chi connectivity index (χ2v) is 4.18. The van der Waals surface area contributed by atoms with E-state index >= 15 is 0 Å². The van der Waals surface area contributed by atoms with Gasteiger partial charge in [-0.05, 0) is 14.1 Å². The summed E-state index contributed by atoms with van der Waals surface area (Å²) in [5, 5.41) is 2.39. The smallest absolute Gasteiger partial charge is 0.221 e. The van der Waals surface area contributed by atoms with Gasteiger partial charge in [0, 0.05) is 37.2 Å². The van der Waals surface area contributed by atoms with Gasteiger partial charge in [0.25, 0.3) is 0 Å². The van der Waals surface area contributed by atoms with Gasteiger partial charge >= 0.3 is 0 Å². The van der Waals surface area contributed by atoms with Crippen molar-refractivity contribution >= 4 is 5.91 Å². The molecule has 0 aliphatic heterocycles. The van der Waals surface area contributed by atoms with Gasteiger partial charge in [0.2, 0.25) is 5.91 Å². The Balaban J connectivity index is 2.56. The number of carbonyl (C=O) groups excluding carboxylic acids is 1. The van der Waals surface area contributed by atoms with Crippen molar-refractivity contribution in [3.8, 4) is 0 Å². The van der Waals surface area contributed by atoms with Crippen molar-refractivity contribution in [2.45, 2.75) is 13.0 Å². The van der Waals surface area contributed by atoms with Gasteiger partial charge in [-0.3, -0.25) is 4.79 Å². The predicted molar refractivity (Wildman–Crippen MR) is 61.3 cm³/mol. The molecule has 0 aromatic heterocycles. The first-order chi connectivity index (χ1) is 8.40. The molecule has 1 aromatic rings. The third kappa shape index (κ3) is 4.37. The van der Waals surface area contributed by atoms with Crippen LogP contribution in [-0.2, 0) is 11.3 Å². The number of rotatable bonds is 5. The zero-order chi connectivity index (χ0) is 13.7. The minimum Gasteiger partial charge on any atom is -0.352 e. The van der Waals surface area contributed by atoms with Crippen molar-refractivity contribution in [2.24, 2.45) is 0 Å². The van der Waals surface area contributed by atoms with E-state index in [2.05, 4.69) is 5.32 Å². The summed E-state index contributed by atoms with van der Waals surface area (Å²) in [4.78, 5) is 13.2. The monoisotopic (exact) mass is 260 g/mol. The molecule has 100 valence electrons. The molecule has 0 bridgehead atoms. The van der Waals surface area contributed by atoms with Crippen LogP contribution < -0.4 is 5.32 Å². The molecule has 0 radical (unpaired) electrons. The highest BCUT2D eigenvalue weighted by Gasteiger charge is 2.12. The van der Waals surface area contributed by atoms with Crippen LogP contribution in [0.25, 0.3) is 0 Å². The Morgan fingerprint density at radius 3 is 2.28 bits per heavy atom. The average Bonchev–Trinajstić information content (AvgIpc) is 2.24. The summed E-state index contributed by atoms with van der Waals surface area (Å²) in [5.74, 6) is -3.29. The van der Waals surface area contributed by atoms with Crippen LogP contribution in [0.4, 0.5) is 13.2 Å². The van der Waals surface area contributed by atoms with Crippen LogP contribution >= 0.6 is 0 Å². The Bertz CT molecular complexity index is 412. The molecule has 6 heteroatoms. The molecule has 0 fully saturated rings. The highest BCUT2D eigenvalue weighted by atomic mass is 19.1. The second-order valence-electron chi connectivity index (χ2n) is 4.18. The topological polar surface area (TPSA) is 32.3 Å². The van der Waals surface area contributed by atoms with Crippen LogP contribution in [0, 0.1) is 17.5 Å². The van der Waals surface area contributed by atoms with E-state index in [9.17, 15) is 18.0 Å². The Morgan fingerprint density at radius 1 is 1.22 bits per heavy atom. The highest BCUT2D eigenvalue weighted by Crippen LogP contribution is 2.14. The average molecular weight is 260 g/mol. The van der Waals surface area contributed by atoms with Gasteiger partial charge in [-0.2, -0.15) is 0 Å². The quantitative estimate of drug-likeness (QED) is 0.873. The number of hydrogen-bond acceptors (Lipinski definition) is 2. The summed E-state index contributed by atoms with van der Waals surface area (Å²) < 4.78 is 39.1. The molecule has 0 atom stereocenters. The molecular formula is C12H15F3N2O. The zero-order valence-electron chi connectivity index (χ0n) is 10.3. The van der Waals surface area contributed by atoms with E-state index in [4.69, 9.17) is 0 Å². The van der Waals surface area contributed by atoms with Crippen LogP contribution in [0.5, 0.6) is 0 Å². The summed E-state index contributed by atoms with van der Waals surface area (Å²) in [5.41, 5.74) is -0.338. The Kier molecular flexibility index (Phi) is 5.15. The van der Waals surface area contributed by atoms with Crippen LogP contribution in [0.1, 0.15) is 12.0 Å². The van der Waals surface area contributed by atoms with Gasteiger partial charge in [-0.25, -0.2) is 13.2 Å². The number of hydrogen-bond donors (Lipinski definition) is 1. The predicted octanol–water partition coefficient (Wildman–Crippen LogP) is 1.67. The molecule has 1 rings (SSSR count). The zero-order valence-corrected chi connectivity index (χ0v) is 10.3. The van der Waals surface area contributed by atoms with E-state index in [-0.39, 0.29) is 24.4 Å². The molecular weight excluding hydrogens is 245 g/mol. The first-order valence-corrected chi connectivity index (χ1v) is 5.45. The minimum absolute atomic E-state index is 0.234. The highest BCUT2D eigenvalue weighted by molar-refractivity contribution is 5.76. The van der Waals surface area contributed by atoms with Crippen molar-refractivity contribution in [3.63, 3.8) is 0 Å². The van der Waals surface area contributed by atoms with Crippen molar-refractivity contribution < 1.29 is 18.0 Å². The van der Waals surface area contributed by atoms with Crippen molar-refractivity contribution in [1.29, 1.82) is 0 Å². The van der Waals surface area contributed by atoms with Crippen molar-refractivity contribution in [1.82, 2.24) is 10.2 Å². The lowest BCUT2D eigenvalue weighted by Gasteiger charge is -2.10. The number of carbonyl (C=O) groups is 1. The molecule has 0 aliphatic rings. The number of nitrogens with one attached hydrogen (secondary N) is 1. The van der Waals surface area contributed by atoms with Crippen LogP contribution in [0.2, 0.25) is 0 Å².